The van der Waals surface area contributed by atoms with Crippen LogP contribution < -0.4 is 5.32 Å². The van der Waals surface area contributed by atoms with Crippen molar-refractivity contribution in [2.45, 2.75) is 19.1 Å². The third-order valence-corrected chi connectivity index (χ3v) is 3.88. The lowest BCUT2D eigenvalue weighted by Crippen LogP contribution is -2.38. The second-order valence-corrected chi connectivity index (χ2v) is 5.41. The largest absolute Gasteiger partial charge is 0.382 e. The van der Waals surface area contributed by atoms with Crippen LogP contribution in [0.1, 0.15) is 22.3 Å². The second-order valence-electron chi connectivity index (χ2n) is 5.41. The molecule has 1 unspecified atom stereocenters. The Kier molecular flexibility index (Phi) is 8.47. The van der Waals surface area contributed by atoms with E-state index in [1.54, 1.807) is 25.1 Å². The average Bonchev–Trinajstić information content (AvgIpc) is 3.06. The minimum Gasteiger partial charge on any atom is -0.382 e. The zero-order chi connectivity index (χ0) is 15.9. The molecule has 5 nitrogen and oxygen atoms in total. The van der Waals surface area contributed by atoms with E-state index in [1.165, 1.54) is 12.1 Å². The number of hydrogen-bond acceptors (Lipinski definition) is 4. The molecule has 0 spiro atoms. The van der Waals surface area contributed by atoms with Gasteiger partial charge in [0.2, 0.25) is 0 Å². The van der Waals surface area contributed by atoms with E-state index in [9.17, 15) is 9.18 Å². The first-order chi connectivity index (χ1) is 10.6. The van der Waals surface area contributed by atoms with Crippen molar-refractivity contribution in [3.05, 3.63) is 35.1 Å². The maximum atomic E-state index is 13.8. The molecule has 1 aromatic carbocycles. The van der Waals surface area contributed by atoms with Crippen LogP contribution in [0.25, 0.3) is 0 Å². The Bertz CT molecular complexity index is 510. The van der Waals surface area contributed by atoms with E-state index in [-0.39, 0.29) is 36.8 Å². The van der Waals surface area contributed by atoms with Crippen LogP contribution >= 0.6 is 12.4 Å². The lowest BCUT2D eigenvalue weighted by molar-refractivity contribution is 0.0602. The van der Waals surface area contributed by atoms with Gasteiger partial charge in [-0.25, -0.2) is 4.39 Å². The lowest BCUT2D eigenvalue weighted by atomic mass is 10.1. The quantitative estimate of drug-likeness (QED) is 0.765. The van der Waals surface area contributed by atoms with Gasteiger partial charge in [-0.05, 0) is 31.2 Å². The third kappa shape index (κ3) is 5.42. The van der Waals surface area contributed by atoms with Crippen molar-refractivity contribution in [2.75, 3.05) is 40.5 Å². The first kappa shape index (κ1) is 19.8. The topological polar surface area (TPSA) is 50.8 Å². The number of carbonyl (C=O) groups is 1. The van der Waals surface area contributed by atoms with E-state index < -0.39 is 0 Å². The lowest BCUT2D eigenvalue weighted by Gasteiger charge is -2.24. The molecule has 1 atom stereocenters. The summed E-state index contributed by atoms with van der Waals surface area (Å²) in [5.74, 6) is -0.453. The Morgan fingerprint density at radius 3 is 2.87 bits per heavy atom. The highest BCUT2D eigenvalue weighted by Crippen LogP contribution is 2.16. The summed E-state index contributed by atoms with van der Waals surface area (Å²) in [6, 6.07) is 4.61. The third-order valence-electron chi connectivity index (χ3n) is 3.88. The Morgan fingerprint density at radius 1 is 1.43 bits per heavy atom. The maximum Gasteiger partial charge on any atom is 0.253 e. The van der Waals surface area contributed by atoms with E-state index in [0.29, 0.717) is 24.3 Å². The summed E-state index contributed by atoms with van der Waals surface area (Å²) in [6.07, 6.45) is 0.941. The van der Waals surface area contributed by atoms with E-state index in [2.05, 4.69) is 5.32 Å². The summed E-state index contributed by atoms with van der Waals surface area (Å²) >= 11 is 0. The van der Waals surface area contributed by atoms with Gasteiger partial charge in [0.05, 0.1) is 19.8 Å². The van der Waals surface area contributed by atoms with Crippen molar-refractivity contribution in [1.29, 1.82) is 0 Å². The molecule has 1 aromatic rings. The van der Waals surface area contributed by atoms with Crippen molar-refractivity contribution in [1.82, 2.24) is 10.2 Å². The number of methoxy groups -OCH3 is 1. The molecular formula is C16H24ClFN2O3. The fourth-order valence-electron chi connectivity index (χ4n) is 2.48. The number of nitrogens with zero attached hydrogens (tertiary/aromatic N) is 1. The van der Waals surface area contributed by atoms with Gasteiger partial charge in [0.1, 0.15) is 5.82 Å². The summed E-state index contributed by atoms with van der Waals surface area (Å²) in [5.41, 5.74) is 0.876. The van der Waals surface area contributed by atoms with Crippen LogP contribution in [-0.4, -0.2) is 57.3 Å². The molecule has 130 valence electrons. The van der Waals surface area contributed by atoms with Crippen LogP contribution in [0.5, 0.6) is 0 Å². The highest BCUT2D eigenvalue weighted by molar-refractivity contribution is 5.94. The number of amides is 1. The number of nitrogens with one attached hydrogen (secondary N) is 1. The number of rotatable bonds is 7. The fourth-order valence-corrected chi connectivity index (χ4v) is 2.48. The van der Waals surface area contributed by atoms with E-state index in [0.717, 1.165) is 19.5 Å². The van der Waals surface area contributed by atoms with E-state index in [1.807, 2.05) is 0 Å². The molecule has 0 radical (unpaired) electrons. The van der Waals surface area contributed by atoms with E-state index in [4.69, 9.17) is 9.47 Å². The van der Waals surface area contributed by atoms with Gasteiger partial charge in [-0.15, -0.1) is 12.4 Å². The predicted octanol–water partition coefficient (Wildman–Crippen LogP) is 1.84. The van der Waals surface area contributed by atoms with Gasteiger partial charge in [0, 0.05) is 37.9 Å². The molecular weight excluding hydrogens is 323 g/mol. The predicted molar refractivity (Wildman–Crippen MR) is 88.5 cm³/mol. The second kappa shape index (κ2) is 9.82. The normalized spacial score (nSPS) is 16.9. The zero-order valence-electron chi connectivity index (χ0n) is 13.5. The number of carbonyl (C=O) groups excluding carboxylic acids is 1. The summed E-state index contributed by atoms with van der Waals surface area (Å²) < 4.78 is 24.0. The van der Waals surface area contributed by atoms with Crippen molar-refractivity contribution in [3.8, 4) is 0 Å². The molecule has 0 saturated carbocycles. The van der Waals surface area contributed by atoms with Crippen molar-refractivity contribution < 1.29 is 18.7 Å². The van der Waals surface area contributed by atoms with Gasteiger partial charge in [-0.2, -0.15) is 0 Å². The Balaban J connectivity index is 0.00000264. The first-order valence-corrected chi connectivity index (χ1v) is 7.46. The van der Waals surface area contributed by atoms with Crippen LogP contribution in [0.2, 0.25) is 0 Å². The first-order valence-electron chi connectivity index (χ1n) is 7.46. The summed E-state index contributed by atoms with van der Waals surface area (Å²) in [4.78, 5) is 14.2. The molecule has 1 fully saturated rings. The molecule has 1 heterocycles. The molecule has 1 N–H and O–H groups in total. The fraction of sp³-hybridized carbons (Fsp3) is 0.562. The smallest absolute Gasteiger partial charge is 0.253 e. The number of ether oxygens (including phenoxy) is 2. The van der Waals surface area contributed by atoms with Gasteiger partial charge in [0.15, 0.2) is 0 Å². The van der Waals surface area contributed by atoms with Crippen molar-refractivity contribution in [2.24, 2.45) is 0 Å². The Labute approximate surface area is 142 Å². The molecule has 1 amide bonds. The van der Waals surface area contributed by atoms with Crippen LogP contribution in [0.3, 0.4) is 0 Å². The molecule has 1 aliphatic rings. The number of hydrogen-bond donors (Lipinski definition) is 1. The molecule has 7 heteroatoms. The highest BCUT2D eigenvalue weighted by Gasteiger charge is 2.24. The number of halogens is 2. The van der Waals surface area contributed by atoms with Gasteiger partial charge in [-0.3, -0.25) is 4.79 Å². The Hall–Kier alpha value is -1.21. The zero-order valence-corrected chi connectivity index (χ0v) is 14.3. The highest BCUT2D eigenvalue weighted by atomic mass is 35.5. The summed E-state index contributed by atoms with van der Waals surface area (Å²) in [7, 11) is 3.37. The van der Waals surface area contributed by atoms with Crippen LogP contribution in [0.15, 0.2) is 18.2 Å². The van der Waals surface area contributed by atoms with E-state index >= 15 is 0 Å². The monoisotopic (exact) mass is 346 g/mol. The number of likely N-dealkylation sites (N-methyl/N-ethyl adjacent to an activating group) is 1. The summed E-state index contributed by atoms with van der Waals surface area (Å²) in [5, 5.41) is 3.23. The summed E-state index contributed by atoms with van der Waals surface area (Å²) in [6.45, 7) is 2.70. The van der Waals surface area contributed by atoms with Gasteiger partial charge >= 0.3 is 0 Å². The average molecular weight is 347 g/mol. The molecule has 0 aliphatic carbocycles. The van der Waals surface area contributed by atoms with Gasteiger partial charge < -0.3 is 19.7 Å². The molecule has 1 saturated heterocycles. The minimum atomic E-state index is -0.362. The van der Waals surface area contributed by atoms with Crippen molar-refractivity contribution >= 4 is 18.3 Å². The van der Waals surface area contributed by atoms with Gasteiger partial charge in [0.25, 0.3) is 5.91 Å². The molecule has 1 aliphatic heterocycles. The minimum absolute atomic E-state index is 0. The standard InChI is InChI=1S/C16H23FN2O3.ClH/c1-19(14-5-6-18-10-14)16(20)12-3-4-15(17)13(9-12)11-22-8-7-21-2;/h3-4,9,14,18H,5-8,10-11H2,1-2H3;1H. The number of benzene rings is 1. The SMILES string of the molecule is COCCOCc1cc(C(=O)N(C)C2CCNC2)ccc1F.Cl. The van der Waals surface area contributed by atoms with Crippen LogP contribution in [0, 0.1) is 5.82 Å². The van der Waals surface area contributed by atoms with Crippen LogP contribution in [0.4, 0.5) is 4.39 Å². The molecule has 23 heavy (non-hydrogen) atoms. The Morgan fingerprint density at radius 2 is 2.22 bits per heavy atom. The van der Waals surface area contributed by atoms with Crippen molar-refractivity contribution in [3.63, 3.8) is 0 Å². The maximum absolute atomic E-state index is 13.8. The molecule has 0 bridgehead atoms. The van der Waals surface area contributed by atoms with Crippen LogP contribution in [-0.2, 0) is 16.1 Å². The van der Waals surface area contributed by atoms with Gasteiger partial charge in [-0.1, -0.05) is 0 Å². The molecule has 0 aromatic heterocycles. The molecule has 2 rings (SSSR count).